The molecule has 0 radical (unpaired) electrons. The van der Waals surface area contributed by atoms with Crippen LogP contribution < -0.4 is 0 Å². The number of nitrogens with zero attached hydrogens (tertiary/aromatic N) is 1. The van der Waals surface area contributed by atoms with E-state index in [-0.39, 0.29) is 18.6 Å². The fraction of sp³-hybridized carbons (Fsp3) is 0.588. The first-order valence-corrected chi connectivity index (χ1v) is 7.79. The summed E-state index contributed by atoms with van der Waals surface area (Å²) in [6.45, 7) is 3.48. The molecule has 122 valence electrons. The molecule has 0 saturated carbocycles. The monoisotopic (exact) mass is 307 g/mol. The molecule has 0 unspecified atom stereocenters. The first kappa shape index (κ1) is 16.9. The SMILES string of the molecule is COCC(=O)N1CCC(OCCOCc2ccccc2)CC1. The Bertz CT molecular complexity index is 430. The molecule has 5 nitrogen and oxygen atoms in total. The third-order valence-corrected chi connectivity index (χ3v) is 3.76. The van der Waals surface area contributed by atoms with E-state index in [1.54, 1.807) is 7.11 Å². The molecule has 1 saturated heterocycles. The number of methoxy groups -OCH3 is 1. The number of amides is 1. The van der Waals surface area contributed by atoms with Crippen LogP contribution in [0.2, 0.25) is 0 Å². The maximum atomic E-state index is 11.7. The maximum Gasteiger partial charge on any atom is 0.248 e. The zero-order valence-electron chi connectivity index (χ0n) is 13.2. The molecule has 1 aromatic rings. The van der Waals surface area contributed by atoms with Gasteiger partial charge in [0.25, 0.3) is 0 Å². The number of benzene rings is 1. The summed E-state index contributed by atoms with van der Waals surface area (Å²) in [4.78, 5) is 13.5. The lowest BCUT2D eigenvalue weighted by Crippen LogP contribution is -2.42. The summed E-state index contributed by atoms with van der Waals surface area (Å²) in [6.07, 6.45) is 1.99. The molecule has 1 fully saturated rings. The van der Waals surface area contributed by atoms with E-state index in [1.165, 1.54) is 5.56 Å². The van der Waals surface area contributed by atoms with E-state index in [1.807, 2.05) is 35.2 Å². The number of ether oxygens (including phenoxy) is 3. The van der Waals surface area contributed by atoms with Crippen LogP contribution in [0.3, 0.4) is 0 Å². The number of hydrogen-bond acceptors (Lipinski definition) is 4. The second kappa shape index (κ2) is 9.56. The number of carbonyl (C=O) groups excluding carboxylic acids is 1. The van der Waals surface area contributed by atoms with Crippen LogP contribution in [0, 0.1) is 0 Å². The number of rotatable bonds is 8. The van der Waals surface area contributed by atoms with Crippen LogP contribution in [0.4, 0.5) is 0 Å². The Balaban J connectivity index is 1.53. The van der Waals surface area contributed by atoms with Crippen LogP contribution in [0.1, 0.15) is 18.4 Å². The molecule has 1 aromatic carbocycles. The summed E-state index contributed by atoms with van der Waals surface area (Å²) < 4.78 is 16.3. The van der Waals surface area contributed by atoms with Crippen LogP contribution in [0.15, 0.2) is 30.3 Å². The Hall–Kier alpha value is -1.43. The topological polar surface area (TPSA) is 48.0 Å². The average molecular weight is 307 g/mol. The van der Waals surface area contributed by atoms with Crippen molar-refractivity contribution in [2.75, 3.05) is 40.0 Å². The first-order valence-electron chi connectivity index (χ1n) is 7.79. The van der Waals surface area contributed by atoms with E-state index < -0.39 is 0 Å². The molecule has 0 bridgehead atoms. The molecule has 1 heterocycles. The van der Waals surface area contributed by atoms with Crippen molar-refractivity contribution in [2.24, 2.45) is 0 Å². The van der Waals surface area contributed by atoms with Crippen molar-refractivity contribution in [1.29, 1.82) is 0 Å². The molecule has 0 atom stereocenters. The minimum atomic E-state index is 0.0622. The Kier molecular flexibility index (Phi) is 7.36. The molecule has 5 heteroatoms. The lowest BCUT2D eigenvalue weighted by molar-refractivity contribution is -0.138. The average Bonchev–Trinajstić information content (AvgIpc) is 2.56. The summed E-state index contributed by atoms with van der Waals surface area (Å²) in [6, 6.07) is 10.1. The second-order valence-corrected chi connectivity index (χ2v) is 5.42. The molecule has 1 amide bonds. The van der Waals surface area contributed by atoms with Gasteiger partial charge in [-0.15, -0.1) is 0 Å². The number of likely N-dealkylation sites (tertiary alicyclic amines) is 1. The smallest absolute Gasteiger partial charge is 0.248 e. The largest absolute Gasteiger partial charge is 0.376 e. The third kappa shape index (κ3) is 5.75. The molecule has 22 heavy (non-hydrogen) atoms. The summed E-state index contributed by atoms with van der Waals surface area (Å²) in [5, 5.41) is 0. The van der Waals surface area contributed by atoms with Gasteiger partial charge in [0.1, 0.15) is 6.61 Å². The fourth-order valence-electron chi connectivity index (χ4n) is 2.52. The predicted molar refractivity (Wildman–Crippen MR) is 83.5 cm³/mol. The van der Waals surface area contributed by atoms with Crippen LogP contribution in [-0.2, 0) is 25.6 Å². The standard InChI is InChI=1S/C17H25NO4/c1-20-14-17(19)18-9-7-16(8-10-18)22-12-11-21-13-15-5-3-2-4-6-15/h2-6,16H,7-14H2,1H3. The Labute approximate surface area is 132 Å². The van der Waals surface area contributed by atoms with Gasteiger partial charge in [-0.1, -0.05) is 30.3 Å². The van der Waals surface area contributed by atoms with Gasteiger partial charge < -0.3 is 19.1 Å². The fourth-order valence-corrected chi connectivity index (χ4v) is 2.52. The van der Waals surface area contributed by atoms with Gasteiger partial charge in [0, 0.05) is 20.2 Å². The second-order valence-electron chi connectivity index (χ2n) is 5.42. The van der Waals surface area contributed by atoms with E-state index in [2.05, 4.69) is 0 Å². The highest BCUT2D eigenvalue weighted by Crippen LogP contribution is 2.14. The third-order valence-electron chi connectivity index (χ3n) is 3.76. The van der Waals surface area contributed by atoms with E-state index in [4.69, 9.17) is 14.2 Å². The lowest BCUT2D eigenvalue weighted by Gasteiger charge is -2.31. The van der Waals surface area contributed by atoms with Crippen molar-refractivity contribution >= 4 is 5.91 Å². The number of carbonyl (C=O) groups is 1. The molecule has 0 N–H and O–H groups in total. The summed E-state index contributed by atoms with van der Waals surface area (Å²) in [5.41, 5.74) is 1.17. The zero-order chi connectivity index (χ0) is 15.6. The summed E-state index contributed by atoms with van der Waals surface area (Å²) in [5.74, 6) is 0.0622. The minimum Gasteiger partial charge on any atom is -0.376 e. The molecule has 2 rings (SSSR count). The van der Waals surface area contributed by atoms with Gasteiger partial charge in [-0.2, -0.15) is 0 Å². The molecular formula is C17H25NO4. The van der Waals surface area contributed by atoms with E-state index in [9.17, 15) is 4.79 Å². The van der Waals surface area contributed by atoms with Crippen molar-refractivity contribution in [3.63, 3.8) is 0 Å². The Morgan fingerprint density at radius 1 is 1.18 bits per heavy atom. The normalized spacial score (nSPS) is 16.0. The Morgan fingerprint density at radius 2 is 1.91 bits per heavy atom. The summed E-state index contributed by atoms with van der Waals surface area (Å²) >= 11 is 0. The van der Waals surface area contributed by atoms with Gasteiger partial charge in [-0.05, 0) is 18.4 Å². The maximum absolute atomic E-state index is 11.7. The van der Waals surface area contributed by atoms with Crippen molar-refractivity contribution in [3.8, 4) is 0 Å². The molecule has 1 aliphatic rings. The number of hydrogen-bond donors (Lipinski definition) is 0. The first-order chi connectivity index (χ1) is 10.8. The molecule has 0 aliphatic carbocycles. The van der Waals surface area contributed by atoms with Gasteiger partial charge >= 0.3 is 0 Å². The lowest BCUT2D eigenvalue weighted by atomic mass is 10.1. The zero-order valence-corrected chi connectivity index (χ0v) is 13.2. The van der Waals surface area contributed by atoms with Crippen LogP contribution in [-0.4, -0.2) is 56.9 Å². The van der Waals surface area contributed by atoms with E-state index in [0.717, 1.165) is 25.9 Å². The van der Waals surface area contributed by atoms with E-state index in [0.29, 0.717) is 19.8 Å². The van der Waals surface area contributed by atoms with Gasteiger partial charge in [-0.25, -0.2) is 0 Å². The molecular weight excluding hydrogens is 282 g/mol. The highest BCUT2D eigenvalue weighted by Gasteiger charge is 2.22. The van der Waals surface area contributed by atoms with Crippen molar-refractivity contribution < 1.29 is 19.0 Å². The van der Waals surface area contributed by atoms with Crippen molar-refractivity contribution in [3.05, 3.63) is 35.9 Å². The van der Waals surface area contributed by atoms with Crippen LogP contribution >= 0.6 is 0 Å². The van der Waals surface area contributed by atoms with Crippen LogP contribution in [0.25, 0.3) is 0 Å². The minimum absolute atomic E-state index is 0.0622. The highest BCUT2D eigenvalue weighted by molar-refractivity contribution is 5.77. The van der Waals surface area contributed by atoms with Gasteiger partial charge in [0.2, 0.25) is 5.91 Å². The molecule has 0 spiro atoms. The quantitative estimate of drug-likeness (QED) is 0.688. The Morgan fingerprint density at radius 3 is 2.59 bits per heavy atom. The van der Waals surface area contributed by atoms with Gasteiger partial charge in [0.15, 0.2) is 0 Å². The van der Waals surface area contributed by atoms with Gasteiger partial charge in [0.05, 0.1) is 25.9 Å². The molecule has 1 aliphatic heterocycles. The van der Waals surface area contributed by atoms with Crippen LogP contribution in [0.5, 0.6) is 0 Å². The van der Waals surface area contributed by atoms with Gasteiger partial charge in [-0.3, -0.25) is 4.79 Å². The van der Waals surface area contributed by atoms with Crippen molar-refractivity contribution in [1.82, 2.24) is 4.90 Å². The van der Waals surface area contributed by atoms with E-state index >= 15 is 0 Å². The summed E-state index contributed by atoms with van der Waals surface area (Å²) in [7, 11) is 1.54. The van der Waals surface area contributed by atoms with Crippen molar-refractivity contribution in [2.45, 2.75) is 25.6 Å². The highest BCUT2D eigenvalue weighted by atomic mass is 16.5. The predicted octanol–water partition coefficient (Wildman–Crippen LogP) is 1.86. The molecule has 0 aromatic heterocycles. The number of piperidine rings is 1.